The molecule has 0 spiro atoms. The summed E-state index contributed by atoms with van der Waals surface area (Å²) in [5.41, 5.74) is 1.82. The van der Waals surface area contributed by atoms with E-state index >= 15 is 0 Å². The molecule has 3 nitrogen and oxygen atoms in total. The first-order chi connectivity index (χ1) is 9.44. The van der Waals surface area contributed by atoms with Gasteiger partial charge in [-0.2, -0.15) is 5.10 Å². The van der Waals surface area contributed by atoms with Crippen molar-refractivity contribution in [3.8, 4) is 0 Å². The second-order valence-electron chi connectivity index (χ2n) is 6.98. The Bertz CT molecular complexity index is 419. The van der Waals surface area contributed by atoms with Crippen molar-refractivity contribution in [2.45, 2.75) is 52.4 Å². The molecule has 4 heteroatoms. The largest absolute Gasteiger partial charge is 0.316 e. The Morgan fingerprint density at radius 2 is 2.25 bits per heavy atom. The molecule has 2 atom stereocenters. The van der Waals surface area contributed by atoms with E-state index in [-0.39, 0.29) is 0 Å². The topological polar surface area (TPSA) is 29.9 Å². The lowest BCUT2D eigenvalue weighted by atomic mass is 9.66. The quantitative estimate of drug-likeness (QED) is 0.817. The van der Waals surface area contributed by atoms with Crippen LogP contribution in [-0.4, -0.2) is 22.9 Å². The van der Waals surface area contributed by atoms with E-state index in [1.54, 1.807) is 0 Å². The minimum Gasteiger partial charge on any atom is -0.316 e. The summed E-state index contributed by atoms with van der Waals surface area (Å²) in [4.78, 5) is 0. The number of aromatic nitrogens is 2. The van der Waals surface area contributed by atoms with Crippen LogP contribution in [0.25, 0.3) is 0 Å². The predicted molar refractivity (Wildman–Crippen MR) is 87.9 cm³/mol. The molecule has 1 N–H and O–H groups in total. The third-order valence-electron chi connectivity index (χ3n) is 4.66. The average molecular weight is 342 g/mol. The summed E-state index contributed by atoms with van der Waals surface area (Å²) in [6, 6.07) is 0. The third-order valence-corrected chi connectivity index (χ3v) is 5.27. The van der Waals surface area contributed by atoms with Crippen LogP contribution in [0, 0.1) is 11.3 Å². The Morgan fingerprint density at radius 3 is 2.85 bits per heavy atom. The van der Waals surface area contributed by atoms with Crippen LogP contribution in [0.2, 0.25) is 0 Å². The van der Waals surface area contributed by atoms with Gasteiger partial charge in [0.1, 0.15) is 0 Å². The van der Waals surface area contributed by atoms with Gasteiger partial charge in [-0.15, -0.1) is 0 Å². The van der Waals surface area contributed by atoms with Crippen molar-refractivity contribution in [2.75, 3.05) is 13.1 Å². The highest BCUT2D eigenvalue weighted by atomic mass is 79.9. The summed E-state index contributed by atoms with van der Waals surface area (Å²) >= 11 is 3.70. The number of nitrogens with one attached hydrogen (secondary N) is 1. The van der Waals surface area contributed by atoms with Gasteiger partial charge in [0.2, 0.25) is 0 Å². The van der Waals surface area contributed by atoms with E-state index < -0.39 is 0 Å². The van der Waals surface area contributed by atoms with Crippen LogP contribution in [0.15, 0.2) is 10.7 Å². The van der Waals surface area contributed by atoms with Crippen molar-refractivity contribution in [1.82, 2.24) is 15.1 Å². The average Bonchev–Trinajstić information content (AvgIpc) is 2.71. The molecule has 1 aliphatic rings. The van der Waals surface area contributed by atoms with Crippen LogP contribution in [0.4, 0.5) is 0 Å². The van der Waals surface area contributed by atoms with Gasteiger partial charge in [0.05, 0.1) is 16.4 Å². The zero-order valence-electron chi connectivity index (χ0n) is 13.2. The third kappa shape index (κ3) is 3.64. The number of nitrogens with zero attached hydrogens (tertiary/aromatic N) is 2. The standard InChI is InChI=1S/C16H28BrN3/c1-5-8-18-10-12-6-7-16(2,3)9-13(12)15-14(17)11-19-20(15)4/h11-13,18H,5-10H2,1-4H3. The lowest BCUT2D eigenvalue weighted by Crippen LogP contribution is -2.36. The second kappa shape index (κ2) is 6.61. The molecule has 2 unspecified atom stereocenters. The molecule has 2 rings (SSSR count). The SMILES string of the molecule is CCCNCC1CCC(C)(C)CC1c1c(Br)cnn1C. The zero-order valence-corrected chi connectivity index (χ0v) is 14.8. The van der Waals surface area contributed by atoms with Gasteiger partial charge in [0.25, 0.3) is 0 Å². The molecule has 1 aromatic heterocycles. The van der Waals surface area contributed by atoms with E-state index in [0.29, 0.717) is 11.3 Å². The maximum atomic E-state index is 4.42. The summed E-state index contributed by atoms with van der Waals surface area (Å²) in [7, 11) is 2.07. The lowest BCUT2D eigenvalue weighted by Gasteiger charge is -2.41. The van der Waals surface area contributed by atoms with E-state index in [0.717, 1.165) is 19.0 Å². The second-order valence-corrected chi connectivity index (χ2v) is 7.83. The first kappa shape index (κ1) is 16.0. The zero-order chi connectivity index (χ0) is 14.8. The molecule has 20 heavy (non-hydrogen) atoms. The van der Waals surface area contributed by atoms with Gasteiger partial charge in [-0.25, -0.2) is 0 Å². The number of hydrogen-bond donors (Lipinski definition) is 1. The molecule has 0 bridgehead atoms. The summed E-state index contributed by atoms with van der Waals surface area (Å²) < 4.78 is 3.23. The molecule has 1 heterocycles. The van der Waals surface area contributed by atoms with Crippen LogP contribution < -0.4 is 5.32 Å². The summed E-state index contributed by atoms with van der Waals surface area (Å²) in [6.45, 7) is 9.29. The van der Waals surface area contributed by atoms with Crippen molar-refractivity contribution in [2.24, 2.45) is 18.4 Å². The van der Waals surface area contributed by atoms with Gasteiger partial charge in [-0.05, 0) is 66.0 Å². The Morgan fingerprint density at radius 1 is 1.50 bits per heavy atom. The van der Waals surface area contributed by atoms with Gasteiger partial charge >= 0.3 is 0 Å². The minimum absolute atomic E-state index is 0.440. The summed E-state index contributed by atoms with van der Waals surface area (Å²) in [6.07, 6.45) is 7.04. The molecule has 0 saturated heterocycles. The molecule has 1 saturated carbocycles. The van der Waals surface area contributed by atoms with Gasteiger partial charge in [-0.1, -0.05) is 20.8 Å². The van der Waals surface area contributed by atoms with Gasteiger partial charge in [0, 0.05) is 13.0 Å². The fraction of sp³-hybridized carbons (Fsp3) is 0.812. The predicted octanol–water partition coefficient (Wildman–Crippen LogP) is 4.09. The molecule has 114 valence electrons. The maximum Gasteiger partial charge on any atom is 0.0635 e. The molecular weight excluding hydrogens is 314 g/mol. The highest BCUT2D eigenvalue weighted by molar-refractivity contribution is 9.10. The van der Waals surface area contributed by atoms with Gasteiger partial charge in [0.15, 0.2) is 0 Å². The Labute approximate surface area is 131 Å². The van der Waals surface area contributed by atoms with E-state index in [9.17, 15) is 0 Å². The first-order valence-corrected chi connectivity index (χ1v) is 8.62. The van der Waals surface area contributed by atoms with E-state index in [1.165, 1.54) is 35.8 Å². The van der Waals surface area contributed by atoms with E-state index in [4.69, 9.17) is 0 Å². The number of halogens is 1. The maximum absolute atomic E-state index is 4.42. The number of aryl methyl sites for hydroxylation is 1. The van der Waals surface area contributed by atoms with Crippen LogP contribution in [-0.2, 0) is 7.05 Å². The fourth-order valence-electron chi connectivity index (χ4n) is 3.51. The Hall–Kier alpha value is -0.350. The first-order valence-electron chi connectivity index (χ1n) is 7.82. The van der Waals surface area contributed by atoms with Crippen LogP contribution in [0.1, 0.15) is 58.1 Å². The van der Waals surface area contributed by atoms with E-state index in [2.05, 4.69) is 58.8 Å². The molecular formula is C16H28BrN3. The van der Waals surface area contributed by atoms with Crippen molar-refractivity contribution < 1.29 is 0 Å². The lowest BCUT2D eigenvalue weighted by molar-refractivity contribution is 0.155. The molecule has 0 aliphatic heterocycles. The van der Waals surface area contributed by atoms with E-state index in [1.807, 2.05) is 6.20 Å². The van der Waals surface area contributed by atoms with Gasteiger partial charge in [-0.3, -0.25) is 4.68 Å². The molecule has 1 aromatic rings. The molecule has 1 fully saturated rings. The smallest absolute Gasteiger partial charge is 0.0635 e. The normalized spacial score (nSPS) is 25.9. The Balaban J connectivity index is 2.18. The highest BCUT2D eigenvalue weighted by Gasteiger charge is 2.37. The van der Waals surface area contributed by atoms with Crippen LogP contribution in [0.3, 0.4) is 0 Å². The van der Waals surface area contributed by atoms with Crippen molar-refractivity contribution in [3.63, 3.8) is 0 Å². The monoisotopic (exact) mass is 341 g/mol. The highest BCUT2D eigenvalue weighted by Crippen LogP contribution is 2.47. The van der Waals surface area contributed by atoms with Crippen molar-refractivity contribution in [1.29, 1.82) is 0 Å². The molecule has 1 aliphatic carbocycles. The van der Waals surface area contributed by atoms with Crippen molar-refractivity contribution >= 4 is 15.9 Å². The summed E-state index contributed by atoms with van der Waals surface area (Å²) in [5.74, 6) is 1.33. The fourth-order valence-corrected chi connectivity index (χ4v) is 4.15. The van der Waals surface area contributed by atoms with Crippen LogP contribution >= 0.6 is 15.9 Å². The molecule has 0 radical (unpaired) electrons. The van der Waals surface area contributed by atoms with Crippen LogP contribution in [0.5, 0.6) is 0 Å². The minimum atomic E-state index is 0.440. The van der Waals surface area contributed by atoms with Crippen molar-refractivity contribution in [3.05, 3.63) is 16.4 Å². The molecule has 0 amide bonds. The number of rotatable bonds is 5. The molecule has 0 aromatic carbocycles. The number of hydrogen-bond acceptors (Lipinski definition) is 2. The van der Waals surface area contributed by atoms with Gasteiger partial charge < -0.3 is 5.32 Å². The Kier molecular flexibility index (Phi) is 5.30. The summed E-state index contributed by atoms with van der Waals surface area (Å²) in [5, 5.41) is 8.04.